The first-order valence-corrected chi connectivity index (χ1v) is 5.08. The Morgan fingerprint density at radius 3 is 2.56 bits per heavy atom. The summed E-state index contributed by atoms with van der Waals surface area (Å²) in [6.45, 7) is 0.909. The van der Waals surface area contributed by atoms with Gasteiger partial charge in [0.15, 0.2) is 11.5 Å². The van der Waals surface area contributed by atoms with E-state index in [1.54, 1.807) is 14.2 Å². The van der Waals surface area contributed by atoms with Crippen molar-refractivity contribution in [1.82, 2.24) is 0 Å². The summed E-state index contributed by atoms with van der Waals surface area (Å²) in [7, 11) is 3.21. The maximum atomic E-state index is 9.94. The molecule has 0 heterocycles. The first kappa shape index (κ1) is 12.4. The SMILES string of the molecule is COc1ccc(CCCOC=O)cc1OC. The van der Waals surface area contributed by atoms with Crippen molar-refractivity contribution >= 4 is 6.47 Å². The van der Waals surface area contributed by atoms with Gasteiger partial charge in [0, 0.05) is 0 Å². The summed E-state index contributed by atoms with van der Waals surface area (Å²) in [4.78, 5) is 9.94. The molecule has 0 unspecified atom stereocenters. The van der Waals surface area contributed by atoms with Crippen LogP contribution in [0.5, 0.6) is 11.5 Å². The van der Waals surface area contributed by atoms with Crippen LogP contribution in [-0.4, -0.2) is 27.3 Å². The van der Waals surface area contributed by atoms with Crippen LogP contribution in [0, 0.1) is 0 Å². The summed E-state index contributed by atoms with van der Waals surface area (Å²) in [5.74, 6) is 1.44. The van der Waals surface area contributed by atoms with Crippen LogP contribution in [0.25, 0.3) is 0 Å². The fraction of sp³-hybridized carbons (Fsp3) is 0.417. The Hall–Kier alpha value is -1.71. The quantitative estimate of drug-likeness (QED) is 0.523. The van der Waals surface area contributed by atoms with Crippen molar-refractivity contribution in [3.8, 4) is 11.5 Å². The average Bonchev–Trinajstić information content (AvgIpc) is 2.34. The van der Waals surface area contributed by atoms with E-state index in [1.807, 2.05) is 18.2 Å². The molecule has 0 aliphatic heterocycles. The van der Waals surface area contributed by atoms with Crippen molar-refractivity contribution in [3.05, 3.63) is 23.8 Å². The fourth-order valence-electron chi connectivity index (χ4n) is 1.44. The lowest BCUT2D eigenvalue weighted by atomic mass is 10.1. The number of hydrogen-bond donors (Lipinski definition) is 0. The molecule has 4 nitrogen and oxygen atoms in total. The second-order valence-electron chi connectivity index (χ2n) is 3.26. The van der Waals surface area contributed by atoms with Crippen LogP contribution in [0.3, 0.4) is 0 Å². The molecule has 4 heteroatoms. The number of methoxy groups -OCH3 is 2. The molecule has 0 bridgehead atoms. The highest BCUT2D eigenvalue weighted by Gasteiger charge is 2.04. The molecule has 0 aliphatic rings. The van der Waals surface area contributed by atoms with E-state index in [0.717, 1.165) is 29.9 Å². The molecule has 0 radical (unpaired) electrons. The van der Waals surface area contributed by atoms with Crippen LogP contribution in [0.4, 0.5) is 0 Å². The number of carbonyl (C=O) groups excluding carboxylic acids is 1. The van der Waals surface area contributed by atoms with Gasteiger partial charge in [0.05, 0.1) is 20.8 Å². The second kappa shape index (κ2) is 6.71. The number of hydrogen-bond acceptors (Lipinski definition) is 4. The van der Waals surface area contributed by atoms with E-state index in [0.29, 0.717) is 13.1 Å². The molecule has 16 heavy (non-hydrogen) atoms. The maximum absolute atomic E-state index is 9.94. The largest absolute Gasteiger partial charge is 0.493 e. The van der Waals surface area contributed by atoms with E-state index in [2.05, 4.69) is 4.74 Å². The van der Waals surface area contributed by atoms with Crippen LogP contribution in [0.1, 0.15) is 12.0 Å². The number of aryl methyl sites for hydroxylation is 1. The van der Waals surface area contributed by atoms with Gasteiger partial charge >= 0.3 is 0 Å². The zero-order valence-corrected chi connectivity index (χ0v) is 9.56. The van der Waals surface area contributed by atoms with Gasteiger partial charge in [0.25, 0.3) is 6.47 Å². The first-order valence-electron chi connectivity index (χ1n) is 5.08. The summed E-state index contributed by atoms with van der Waals surface area (Å²) in [5, 5.41) is 0. The highest BCUT2D eigenvalue weighted by molar-refractivity contribution is 5.42. The molecule has 0 aliphatic carbocycles. The van der Waals surface area contributed by atoms with E-state index in [-0.39, 0.29) is 0 Å². The van der Waals surface area contributed by atoms with Gasteiger partial charge in [-0.25, -0.2) is 0 Å². The van der Waals surface area contributed by atoms with Gasteiger partial charge in [-0.05, 0) is 30.5 Å². The number of benzene rings is 1. The Kier molecular flexibility index (Phi) is 5.19. The molecule has 0 saturated carbocycles. The summed E-state index contributed by atoms with van der Waals surface area (Å²) >= 11 is 0. The zero-order valence-electron chi connectivity index (χ0n) is 9.56. The highest BCUT2D eigenvalue weighted by atomic mass is 16.5. The van der Waals surface area contributed by atoms with Gasteiger partial charge in [0.1, 0.15) is 0 Å². The average molecular weight is 224 g/mol. The lowest BCUT2D eigenvalue weighted by molar-refractivity contribution is -0.128. The summed E-state index contributed by atoms with van der Waals surface area (Å²) in [5.41, 5.74) is 1.13. The smallest absolute Gasteiger partial charge is 0.293 e. The van der Waals surface area contributed by atoms with E-state index < -0.39 is 0 Å². The minimum Gasteiger partial charge on any atom is -0.493 e. The first-order chi connectivity index (χ1) is 7.81. The normalized spacial score (nSPS) is 9.62. The Morgan fingerprint density at radius 1 is 1.19 bits per heavy atom. The van der Waals surface area contributed by atoms with Crippen molar-refractivity contribution < 1.29 is 19.0 Å². The molecule has 0 atom stereocenters. The number of rotatable bonds is 7. The molecule has 0 spiro atoms. The molecular formula is C12H16O4. The molecule has 88 valence electrons. The maximum Gasteiger partial charge on any atom is 0.293 e. The van der Waals surface area contributed by atoms with Gasteiger partial charge < -0.3 is 14.2 Å². The predicted molar refractivity (Wildman–Crippen MR) is 59.9 cm³/mol. The fourth-order valence-corrected chi connectivity index (χ4v) is 1.44. The van der Waals surface area contributed by atoms with Crippen LogP contribution in [0.15, 0.2) is 18.2 Å². The second-order valence-corrected chi connectivity index (χ2v) is 3.26. The van der Waals surface area contributed by atoms with Gasteiger partial charge in [0.2, 0.25) is 0 Å². The van der Waals surface area contributed by atoms with Gasteiger partial charge in [-0.1, -0.05) is 6.07 Å². The summed E-state index contributed by atoms with van der Waals surface area (Å²) < 4.78 is 15.0. The van der Waals surface area contributed by atoms with Crippen LogP contribution >= 0.6 is 0 Å². The minimum absolute atomic E-state index is 0.442. The number of ether oxygens (including phenoxy) is 3. The molecule has 0 saturated heterocycles. The minimum atomic E-state index is 0.442. The molecule has 1 aromatic rings. The van der Waals surface area contributed by atoms with Crippen molar-refractivity contribution in [2.75, 3.05) is 20.8 Å². The van der Waals surface area contributed by atoms with Crippen molar-refractivity contribution in [2.45, 2.75) is 12.8 Å². The Morgan fingerprint density at radius 2 is 1.94 bits per heavy atom. The van der Waals surface area contributed by atoms with Crippen molar-refractivity contribution in [3.63, 3.8) is 0 Å². The molecule has 0 fully saturated rings. The van der Waals surface area contributed by atoms with E-state index >= 15 is 0 Å². The van der Waals surface area contributed by atoms with Crippen LogP contribution < -0.4 is 9.47 Å². The lowest BCUT2D eigenvalue weighted by Gasteiger charge is -2.09. The Balaban J connectivity index is 2.57. The number of carbonyl (C=O) groups is 1. The standard InChI is InChI=1S/C12H16O4/c1-14-11-6-5-10(8-12(11)15-2)4-3-7-16-9-13/h5-6,8-9H,3-4,7H2,1-2H3. The highest BCUT2D eigenvalue weighted by Crippen LogP contribution is 2.27. The van der Waals surface area contributed by atoms with Crippen molar-refractivity contribution in [2.24, 2.45) is 0 Å². The molecule has 0 amide bonds. The third-order valence-electron chi connectivity index (χ3n) is 2.24. The molecule has 1 aromatic carbocycles. The van der Waals surface area contributed by atoms with E-state index in [9.17, 15) is 4.79 Å². The van der Waals surface area contributed by atoms with Crippen LogP contribution in [0.2, 0.25) is 0 Å². The van der Waals surface area contributed by atoms with Gasteiger partial charge in [-0.15, -0.1) is 0 Å². The summed E-state index contributed by atoms with van der Waals surface area (Å²) in [6, 6.07) is 5.77. The van der Waals surface area contributed by atoms with E-state index in [4.69, 9.17) is 9.47 Å². The zero-order chi connectivity index (χ0) is 11.8. The molecule has 1 rings (SSSR count). The molecule has 0 N–H and O–H groups in total. The molecule has 0 aromatic heterocycles. The third-order valence-corrected chi connectivity index (χ3v) is 2.24. The third kappa shape index (κ3) is 3.46. The Labute approximate surface area is 95.1 Å². The topological polar surface area (TPSA) is 44.8 Å². The lowest BCUT2D eigenvalue weighted by Crippen LogP contribution is -1.96. The monoisotopic (exact) mass is 224 g/mol. The summed E-state index contributed by atoms with van der Waals surface area (Å²) in [6.07, 6.45) is 1.64. The van der Waals surface area contributed by atoms with Crippen molar-refractivity contribution in [1.29, 1.82) is 0 Å². The van der Waals surface area contributed by atoms with Gasteiger partial charge in [-0.3, -0.25) is 4.79 Å². The van der Waals surface area contributed by atoms with E-state index in [1.165, 1.54) is 0 Å². The molecular weight excluding hydrogens is 208 g/mol. The van der Waals surface area contributed by atoms with Gasteiger partial charge in [-0.2, -0.15) is 0 Å². The Bertz CT molecular complexity index is 336. The predicted octanol–water partition coefficient (Wildman–Crippen LogP) is 1.81. The van der Waals surface area contributed by atoms with Crippen LogP contribution in [-0.2, 0) is 16.0 Å².